The maximum Gasteiger partial charge on any atom is 0.227 e. The summed E-state index contributed by atoms with van der Waals surface area (Å²) in [4.78, 5) is 15.0. The van der Waals surface area contributed by atoms with Crippen LogP contribution in [0.5, 0.6) is 0 Å². The minimum Gasteiger partial charge on any atom is -0.379 e. The van der Waals surface area contributed by atoms with Crippen LogP contribution in [0.1, 0.15) is 37.8 Å². The number of ether oxygens (including phenoxy) is 1. The Morgan fingerprint density at radius 3 is 2.73 bits per heavy atom. The molecule has 0 bridgehead atoms. The zero-order valence-corrected chi connectivity index (χ0v) is 17.0. The van der Waals surface area contributed by atoms with Crippen molar-refractivity contribution in [2.75, 3.05) is 38.2 Å². The van der Waals surface area contributed by atoms with Gasteiger partial charge in [0, 0.05) is 30.7 Å². The SMILES string of the molecule is CC(c1cccc(NC(=O)[C@@H]2CCC[C@@H]2CN)c1)N1CCOCC1.Cl.Cl. The number of hydrogen-bond donors (Lipinski definition) is 2. The van der Waals surface area contributed by atoms with Crippen molar-refractivity contribution in [3.63, 3.8) is 0 Å². The first-order valence-corrected chi connectivity index (χ1v) is 9.11. The normalized spacial score (nSPS) is 24.2. The lowest BCUT2D eigenvalue weighted by Crippen LogP contribution is -2.38. The fraction of sp³-hybridized carbons (Fsp3) is 0.632. The van der Waals surface area contributed by atoms with Gasteiger partial charge in [-0.15, -0.1) is 24.8 Å². The fourth-order valence-corrected chi connectivity index (χ4v) is 3.95. The van der Waals surface area contributed by atoms with Crippen LogP contribution >= 0.6 is 24.8 Å². The van der Waals surface area contributed by atoms with Gasteiger partial charge in [-0.25, -0.2) is 0 Å². The Bertz CT molecular complexity index is 567. The molecule has 1 heterocycles. The van der Waals surface area contributed by atoms with E-state index in [-0.39, 0.29) is 36.6 Å². The summed E-state index contributed by atoms with van der Waals surface area (Å²) in [5.74, 6) is 0.523. The molecule has 5 nitrogen and oxygen atoms in total. The van der Waals surface area contributed by atoms with Crippen molar-refractivity contribution in [3.05, 3.63) is 29.8 Å². The molecule has 2 aliphatic rings. The smallest absolute Gasteiger partial charge is 0.227 e. The Morgan fingerprint density at radius 1 is 1.31 bits per heavy atom. The van der Waals surface area contributed by atoms with Crippen LogP contribution in [0.15, 0.2) is 24.3 Å². The Hall–Kier alpha value is -0.850. The maximum atomic E-state index is 12.6. The molecule has 1 unspecified atom stereocenters. The largest absolute Gasteiger partial charge is 0.379 e. The molecule has 1 saturated heterocycles. The van der Waals surface area contributed by atoms with E-state index in [1.165, 1.54) is 5.56 Å². The third kappa shape index (κ3) is 5.57. The second-order valence-electron chi connectivity index (χ2n) is 6.97. The zero-order chi connectivity index (χ0) is 16.9. The number of amides is 1. The number of morpholine rings is 1. The minimum absolute atomic E-state index is 0. The van der Waals surface area contributed by atoms with Gasteiger partial charge >= 0.3 is 0 Å². The quantitative estimate of drug-likeness (QED) is 0.791. The maximum absolute atomic E-state index is 12.6. The zero-order valence-electron chi connectivity index (χ0n) is 15.4. The molecule has 1 aliphatic carbocycles. The van der Waals surface area contributed by atoms with E-state index in [9.17, 15) is 4.79 Å². The molecule has 0 radical (unpaired) electrons. The first-order valence-electron chi connectivity index (χ1n) is 9.11. The summed E-state index contributed by atoms with van der Waals surface area (Å²) >= 11 is 0. The highest BCUT2D eigenvalue weighted by molar-refractivity contribution is 5.93. The monoisotopic (exact) mass is 403 g/mol. The summed E-state index contributed by atoms with van der Waals surface area (Å²) in [6.45, 7) is 6.32. The molecule has 0 spiro atoms. The molecule has 26 heavy (non-hydrogen) atoms. The first kappa shape index (κ1) is 23.2. The lowest BCUT2D eigenvalue weighted by Gasteiger charge is -2.32. The van der Waals surface area contributed by atoms with Gasteiger partial charge < -0.3 is 15.8 Å². The van der Waals surface area contributed by atoms with Gasteiger partial charge in [-0.1, -0.05) is 18.6 Å². The summed E-state index contributed by atoms with van der Waals surface area (Å²) in [5.41, 5.74) is 7.93. The summed E-state index contributed by atoms with van der Waals surface area (Å²) in [6.07, 6.45) is 3.13. The van der Waals surface area contributed by atoms with Crippen molar-refractivity contribution in [1.82, 2.24) is 4.90 Å². The van der Waals surface area contributed by atoms with Crippen molar-refractivity contribution >= 4 is 36.4 Å². The van der Waals surface area contributed by atoms with Crippen molar-refractivity contribution in [1.29, 1.82) is 0 Å². The van der Waals surface area contributed by atoms with Gasteiger partial charge in [0.15, 0.2) is 0 Å². The average Bonchev–Trinajstić information content (AvgIpc) is 3.11. The average molecular weight is 404 g/mol. The van der Waals surface area contributed by atoms with Crippen LogP contribution in [0.2, 0.25) is 0 Å². The molecule has 0 aromatic heterocycles. The van der Waals surface area contributed by atoms with E-state index in [4.69, 9.17) is 10.5 Å². The summed E-state index contributed by atoms with van der Waals surface area (Å²) in [5, 5.41) is 3.11. The van der Waals surface area contributed by atoms with Crippen molar-refractivity contribution in [2.24, 2.45) is 17.6 Å². The molecular formula is C19H31Cl2N3O2. The number of benzene rings is 1. The van der Waals surface area contributed by atoms with Gasteiger partial charge in [0.2, 0.25) is 5.91 Å². The van der Waals surface area contributed by atoms with E-state index in [2.05, 4.69) is 29.3 Å². The van der Waals surface area contributed by atoms with Crippen molar-refractivity contribution in [3.8, 4) is 0 Å². The van der Waals surface area contributed by atoms with Gasteiger partial charge in [0.1, 0.15) is 0 Å². The summed E-state index contributed by atoms with van der Waals surface area (Å²) < 4.78 is 5.43. The molecule has 2 fully saturated rings. The Morgan fingerprint density at radius 2 is 2.04 bits per heavy atom. The standard InChI is InChI=1S/C19H29N3O2.2ClH/c1-14(22-8-10-24-11-9-22)15-4-2-6-17(12-15)21-19(23)18-7-3-5-16(18)13-20;;/h2,4,6,12,14,16,18H,3,5,7-11,13,20H2,1H3,(H,21,23);2*1H/t14?,16-,18-;;/m1../s1. The molecule has 1 aliphatic heterocycles. The van der Waals surface area contributed by atoms with Gasteiger partial charge in [-0.2, -0.15) is 0 Å². The molecule has 1 aromatic carbocycles. The molecule has 148 valence electrons. The number of halogens is 2. The molecule has 3 atom stereocenters. The Balaban J connectivity index is 0.00000169. The number of nitrogens with two attached hydrogens (primary N) is 1. The molecule has 3 rings (SSSR count). The molecule has 3 N–H and O–H groups in total. The molecule has 1 aromatic rings. The number of anilines is 1. The first-order chi connectivity index (χ1) is 11.7. The fourth-order valence-electron chi connectivity index (χ4n) is 3.95. The van der Waals surface area contributed by atoms with E-state index >= 15 is 0 Å². The Kier molecular flexibility index (Phi) is 9.90. The molecule has 1 amide bonds. The van der Waals surface area contributed by atoms with Crippen molar-refractivity contribution in [2.45, 2.75) is 32.2 Å². The summed E-state index contributed by atoms with van der Waals surface area (Å²) in [6, 6.07) is 8.56. The van der Waals surface area contributed by atoms with E-state index < -0.39 is 0 Å². The predicted molar refractivity (Wildman–Crippen MR) is 110 cm³/mol. The minimum atomic E-state index is 0. The van der Waals surface area contributed by atoms with Gasteiger partial charge in [-0.05, 0) is 49.9 Å². The highest BCUT2D eigenvalue weighted by Crippen LogP contribution is 2.32. The highest BCUT2D eigenvalue weighted by Gasteiger charge is 2.32. The Labute approximate surface area is 168 Å². The lowest BCUT2D eigenvalue weighted by atomic mass is 9.95. The summed E-state index contributed by atoms with van der Waals surface area (Å²) in [7, 11) is 0. The van der Waals surface area contributed by atoms with E-state index in [0.717, 1.165) is 51.3 Å². The number of hydrogen-bond acceptors (Lipinski definition) is 4. The van der Waals surface area contributed by atoms with E-state index in [1.54, 1.807) is 0 Å². The number of nitrogens with zero attached hydrogens (tertiary/aromatic N) is 1. The molecule has 1 saturated carbocycles. The van der Waals surface area contributed by atoms with Crippen LogP contribution < -0.4 is 11.1 Å². The van der Waals surface area contributed by atoms with Crippen LogP contribution in [0.3, 0.4) is 0 Å². The topological polar surface area (TPSA) is 67.6 Å². The third-order valence-corrected chi connectivity index (χ3v) is 5.53. The van der Waals surface area contributed by atoms with Crippen LogP contribution in [0.25, 0.3) is 0 Å². The van der Waals surface area contributed by atoms with Crippen LogP contribution in [0, 0.1) is 11.8 Å². The number of nitrogens with one attached hydrogen (secondary N) is 1. The van der Waals surface area contributed by atoms with Crippen molar-refractivity contribution < 1.29 is 9.53 Å². The second-order valence-corrected chi connectivity index (χ2v) is 6.97. The number of rotatable bonds is 5. The van der Waals surface area contributed by atoms with Crippen LogP contribution in [0.4, 0.5) is 5.69 Å². The molecular weight excluding hydrogens is 373 g/mol. The number of carbonyl (C=O) groups is 1. The van der Waals surface area contributed by atoms with E-state index in [0.29, 0.717) is 18.5 Å². The van der Waals surface area contributed by atoms with Crippen LogP contribution in [-0.2, 0) is 9.53 Å². The molecule has 7 heteroatoms. The van der Waals surface area contributed by atoms with Gasteiger partial charge in [-0.3, -0.25) is 9.69 Å². The highest BCUT2D eigenvalue weighted by atomic mass is 35.5. The lowest BCUT2D eigenvalue weighted by molar-refractivity contribution is -0.120. The van der Waals surface area contributed by atoms with Gasteiger partial charge in [0.05, 0.1) is 13.2 Å². The third-order valence-electron chi connectivity index (χ3n) is 5.53. The van der Waals surface area contributed by atoms with E-state index in [1.807, 2.05) is 12.1 Å². The van der Waals surface area contributed by atoms with Crippen LogP contribution in [-0.4, -0.2) is 43.7 Å². The number of carbonyl (C=O) groups excluding carboxylic acids is 1. The van der Waals surface area contributed by atoms with Gasteiger partial charge in [0.25, 0.3) is 0 Å². The second kappa shape index (κ2) is 11.1. The predicted octanol–water partition coefficient (Wildman–Crippen LogP) is 3.24.